The molecule has 0 amide bonds. The number of rotatable bonds is 0. The zero-order chi connectivity index (χ0) is 0. The Hall–Kier alpha value is 1.77. The second-order valence-corrected chi connectivity index (χ2v) is 0. The van der Waals surface area contributed by atoms with Gasteiger partial charge in [0.1, 0.15) is 0 Å². The molecule has 0 aromatic rings. The fourth-order valence-corrected chi connectivity index (χ4v) is 0. The molecular weight excluding hydrogens is 327 g/mol. The Kier molecular flexibility index (Phi) is 228. The monoisotopic (exact) mass is 328 g/mol. The molecule has 0 bridgehead atoms. The minimum absolute atomic E-state index is 0. The van der Waals surface area contributed by atoms with Crippen LogP contribution >= 0.6 is 12.4 Å². The van der Waals surface area contributed by atoms with Gasteiger partial charge < -0.3 is 0 Å². The molecule has 0 fully saturated rings. The number of halogens is 2. The molecule has 0 spiro atoms. The minimum atomic E-state index is 0. The molecule has 0 saturated carbocycles. The maximum Gasteiger partial charge on any atom is 0 e. The average molecular weight is 329 g/mol. The van der Waals surface area contributed by atoms with E-state index in [9.17, 15) is 0 Å². The van der Waals surface area contributed by atoms with E-state index >= 15 is 0 Å². The molecule has 4 heavy (non-hydrogen) atoms. The van der Waals surface area contributed by atoms with Gasteiger partial charge >= 0.3 is 0 Å². The van der Waals surface area contributed by atoms with Gasteiger partial charge in [0.15, 0.2) is 0 Å². The Morgan fingerprint density at radius 2 is 1.00 bits per heavy atom. The van der Waals surface area contributed by atoms with Crippen molar-refractivity contribution in [3.05, 3.63) is 0 Å². The van der Waals surface area contributed by atoms with Crippen molar-refractivity contribution in [2.24, 2.45) is 0 Å². The molecular formula is H2ClFPbZn. The third-order valence-electron chi connectivity index (χ3n) is 0. The topological polar surface area (TPSA) is 0 Å². The maximum atomic E-state index is 0. The predicted molar refractivity (Wildman–Crippen MR) is 15.5 cm³/mol. The summed E-state index contributed by atoms with van der Waals surface area (Å²) in [5.41, 5.74) is 0. The van der Waals surface area contributed by atoms with Gasteiger partial charge in [0.2, 0.25) is 0 Å². The molecule has 0 aliphatic heterocycles. The van der Waals surface area contributed by atoms with Crippen LogP contribution in [0, 0.1) is 0 Å². The first-order valence-electron chi connectivity index (χ1n) is 0. The zero-order valence-electron chi connectivity index (χ0n) is 2.02. The molecule has 4 radical (unpaired) electrons. The Morgan fingerprint density at radius 1 is 1.00 bits per heavy atom. The van der Waals surface area contributed by atoms with Gasteiger partial charge in [0, 0.05) is 46.8 Å². The van der Waals surface area contributed by atoms with Gasteiger partial charge in [-0.25, -0.2) is 0 Å². The molecule has 0 aromatic carbocycles. The summed E-state index contributed by atoms with van der Waals surface area (Å²) >= 11 is 0. The van der Waals surface area contributed by atoms with E-state index in [2.05, 4.69) is 0 Å². The second-order valence-electron chi connectivity index (χ2n) is 0. The van der Waals surface area contributed by atoms with Gasteiger partial charge in [-0.05, 0) is 0 Å². The quantitative estimate of drug-likeness (QED) is 0.557. The molecule has 0 atom stereocenters. The van der Waals surface area contributed by atoms with Crippen molar-refractivity contribution in [2.45, 2.75) is 0 Å². The first kappa shape index (κ1) is 42.0. The van der Waals surface area contributed by atoms with Crippen molar-refractivity contribution in [2.75, 3.05) is 0 Å². The van der Waals surface area contributed by atoms with Crippen LogP contribution in [0.2, 0.25) is 0 Å². The molecule has 0 saturated heterocycles. The summed E-state index contributed by atoms with van der Waals surface area (Å²) in [4.78, 5) is 0. The van der Waals surface area contributed by atoms with Crippen LogP contribution in [0.25, 0.3) is 0 Å². The smallest absolute Gasteiger partial charge is 0 e. The average Bonchev–Trinajstić information content (AvgIpc) is 0. The fraction of sp³-hybridized carbons (Fsp3) is 0. The number of hydrogen-bond donors (Lipinski definition) is 0. The van der Waals surface area contributed by atoms with Crippen molar-refractivity contribution >= 4 is 39.7 Å². The van der Waals surface area contributed by atoms with E-state index < -0.39 is 0 Å². The Morgan fingerprint density at radius 3 is 1.00 bits per heavy atom. The molecule has 0 aliphatic rings. The van der Waals surface area contributed by atoms with E-state index in [4.69, 9.17) is 0 Å². The van der Waals surface area contributed by atoms with E-state index in [0.29, 0.717) is 0 Å². The molecule has 0 rings (SSSR count). The van der Waals surface area contributed by atoms with Gasteiger partial charge in [-0.3, -0.25) is 4.70 Å². The van der Waals surface area contributed by atoms with Crippen LogP contribution in [0.4, 0.5) is 4.70 Å². The largest absolute Gasteiger partial charge is 0.269 e. The molecule has 0 N–H and O–H groups in total. The fourth-order valence-electron chi connectivity index (χ4n) is 0. The van der Waals surface area contributed by atoms with Crippen LogP contribution in [0.1, 0.15) is 0 Å². The summed E-state index contributed by atoms with van der Waals surface area (Å²) in [5.74, 6) is 0. The van der Waals surface area contributed by atoms with Crippen molar-refractivity contribution in [3.8, 4) is 0 Å². The van der Waals surface area contributed by atoms with Gasteiger partial charge in [-0.2, -0.15) is 0 Å². The van der Waals surface area contributed by atoms with Crippen LogP contribution in [0.5, 0.6) is 0 Å². The van der Waals surface area contributed by atoms with Crippen LogP contribution in [0.15, 0.2) is 0 Å². The summed E-state index contributed by atoms with van der Waals surface area (Å²) in [5, 5.41) is 0. The minimum Gasteiger partial charge on any atom is -0.269 e. The normalized spacial score (nSPS) is 0. The molecule has 0 aliphatic carbocycles. The third kappa shape index (κ3) is 9.24. The van der Waals surface area contributed by atoms with Gasteiger partial charge in [-0.1, -0.05) is 0 Å². The Bertz CT molecular complexity index is 8.00. The van der Waals surface area contributed by atoms with Crippen molar-refractivity contribution in [3.63, 3.8) is 0 Å². The zero-order valence-corrected chi connectivity index (χ0v) is 9.69. The van der Waals surface area contributed by atoms with E-state index in [0.717, 1.165) is 0 Å². The van der Waals surface area contributed by atoms with Crippen LogP contribution < -0.4 is 0 Å². The maximum absolute atomic E-state index is 0. The molecule has 0 aromatic heterocycles. The summed E-state index contributed by atoms with van der Waals surface area (Å²) in [7, 11) is 0. The summed E-state index contributed by atoms with van der Waals surface area (Å²) in [6.07, 6.45) is 0. The van der Waals surface area contributed by atoms with Crippen LogP contribution in [0.3, 0.4) is 0 Å². The van der Waals surface area contributed by atoms with Crippen LogP contribution in [-0.4, -0.2) is 27.3 Å². The number of hydrogen-bond acceptors (Lipinski definition) is 0. The standard InChI is InChI=1S/ClH.FH.Pb.Zn/h2*1H;;. The second kappa shape index (κ2) is 21.7. The molecule has 0 unspecified atom stereocenters. The molecule has 0 nitrogen and oxygen atoms in total. The molecule has 0 heterocycles. The van der Waals surface area contributed by atoms with Gasteiger partial charge in [-0.15, -0.1) is 12.4 Å². The van der Waals surface area contributed by atoms with Crippen molar-refractivity contribution in [1.82, 2.24) is 0 Å². The molecule has 4 heteroatoms. The summed E-state index contributed by atoms with van der Waals surface area (Å²) < 4.78 is 0. The first-order valence-corrected chi connectivity index (χ1v) is 0. The third-order valence-corrected chi connectivity index (χ3v) is 0. The molecule has 22 valence electrons. The predicted octanol–water partition coefficient (Wildman–Crippen LogP) is 0.191. The first-order chi connectivity index (χ1) is 0. The summed E-state index contributed by atoms with van der Waals surface area (Å²) in [6.45, 7) is 0. The summed E-state index contributed by atoms with van der Waals surface area (Å²) in [6, 6.07) is 0. The van der Waals surface area contributed by atoms with Crippen LogP contribution in [-0.2, 0) is 19.5 Å². The van der Waals surface area contributed by atoms with E-state index in [1.807, 2.05) is 0 Å². The van der Waals surface area contributed by atoms with E-state index in [1.54, 1.807) is 0 Å². The van der Waals surface area contributed by atoms with Gasteiger partial charge in [0.25, 0.3) is 0 Å². The van der Waals surface area contributed by atoms with E-state index in [-0.39, 0.29) is 63.9 Å². The van der Waals surface area contributed by atoms with Crippen molar-refractivity contribution < 1.29 is 24.2 Å². The van der Waals surface area contributed by atoms with Gasteiger partial charge in [0.05, 0.1) is 0 Å². The Labute approximate surface area is 63.4 Å². The van der Waals surface area contributed by atoms with E-state index in [1.165, 1.54) is 0 Å². The van der Waals surface area contributed by atoms with Crippen molar-refractivity contribution in [1.29, 1.82) is 0 Å². The Balaban J connectivity index is 0. The SMILES string of the molecule is Cl.F.[Pb].[Zn].